The van der Waals surface area contributed by atoms with E-state index in [1.54, 1.807) is 21.3 Å². The Bertz CT molecular complexity index is 1020. The van der Waals surface area contributed by atoms with Crippen LogP contribution in [0.4, 0.5) is 0 Å². The number of aryl methyl sites for hydroxylation is 1. The Hall–Kier alpha value is -2.80. The second-order valence-corrected chi connectivity index (χ2v) is 6.78. The monoisotopic (exact) mass is 386 g/mol. The summed E-state index contributed by atoms with van der Waals surface area (Å²) in [5.41, 5.74) is 1.78. The first kappa shape index (κ1) is 19.0. The second-order valence-electron chi connectivity index (χ2n) is 5.81. The number of methoxy groups -OCH3 is 3. The van der Waals surface area contributed by atoms with Gasteiger partial charge in [0.15, 0.2) is 4.80 Å². The highest BCUT2D eigenvalue weighted by Crippen LogP contribution is 2.35. The van der Waals surface area contributed by atoms with Gasteiger partial charge >= 0.3 is 0 Å². The molecule has 0 bridgehead atoms. The maximum atomic E-state index is 12.5. The van der Waals surface area contributed by atoms with Gasteiger partial charge in [-0.3, -0.25) is 4.79 Å². The fourth-order valence-corrected chi connectivity index (χ4v) is 4.12. The Balaban J connectivity index is 2.02. The van der Waals surface area contributed by atoms with Crippen LogP contribution in [0.3, 0.4) is 0 Å². The molecule has 3 aromatic rings. The SMILES string of the molecule is CCn1c(=NC(=O)Cc2ccc(OC)cc2)sc2c(OC)ccc(OC)c21. The molecule has 6 nitrogen and oxygen atoms in total. The normalized spacial score (nSPS) is 11.6. The van der Waals surface area contributed by atoms with E-state index in [4.69, 9.17) is 14.2 Å². The maximum Gasteiger partial charge on any atom is 0.252 e. The minimum atomic E-state index is -0.202. The molecular weight excluding hydrogens is 364 g/mol. The second kappa shape index (κ2) is 8.26. The van der Waals surface area contributed by atoms with Crippen LogP contribution in [-0.2, 0) is 17.8 Å². The number of rotatable bonds is 6. The first-order valence-corrected chi connectivity index (χ1v) is 9.37. The molecule has 0 atom stereocenters. The van der Waals surface area contributed by atoms with Crippen LogP contribution < -0.4 is 19.0 Å². The molecule has 0 N–H and O–H groups in total. The first-order chi connectivity index (χ1) is 13.1. The summed E-state index contributed by atoms with van der Waals surface area (Å²) >= 11 is 1.42. The lowest BCUT2D eigenvalue weighted by atomic mass is 10.1. The lowest BCUT2D eigenvalue weighted by molar-refractivity contribution is -0.117. The maximum absolute atomic E-state index is 12.5. The van der Waals surface area contributed by atoms with E-state index in [2.05, 4.69) is 4.99 Å². The molecule has 0 unspecified atom stereocenters. The van der Waals surface area contributed by atoms with Crippen LogP contribution >= 0.6 is 11.3 Å². The van der Waals surface area contributed by atoms with Gasteiger partial charge in [0, 0.05) is 6.54 Å². The van der Waals surface area contributed by atoms with Gasteiger partial charge in [0.05, 0.1) is 27.8 Å². The summed E-state index contributed by atoms with van der Waals surface area (Å²) in [6.07, 6.45) is 0.232. The number of carbonyl (C=O) groups is 1. The highest BCUT2D eigenvalue weighted by molar-refractivity contribution is 7.16. The highest BCUT2D eigenvalue weighted by atomic mass is 32.1. The number of fused-ring (bicyclic) bond motifs is 1. The van der Waals surface area contributed by atoms with Gasteiger partial charge in [-0.15, -0.1) is 0 Å². The van der Waals surface area contributed by atoms with Gasteiger partial charge in [-0.1, -0.05) is 23.5 Å². The van der Waals surface area contributed by atoms with Crippen LogP contribution in [0.1, 0.15) is 12.5 Å². The van der Waals surface area contributed by atoms with Crippen molar-refractivity contribution in [3.8, 4) is 17.2 Å². The number of nitrogens with zero attached hydrogens (tertiary/aromatic N) is 2. The fourth-order valence-electron chi connectivity index (χ4n) is 2.90. The van der Waals surface area contributed by atoms with Gasteiger partial charge in [-0.2, -0.15) is 4.99 Å². The van der Waals surface area contributed by atoms with Gasteiger partial charge in [0.1, 0.15) is 27.5 Å². The van der Waals surface area contributed by atoms with Crippen molar-refractivity contribution in [3.63, 3.8) is 0 Å². The zero-order valence-electron chi connectivity index (χ0n) is 15.8. The molecule has 0 spiro atoms. The molecule has 0 fully saturated rings. The van der Waals surface area contributed by atoms with Crippen LogP contribution in [0.5, 0.6) is 17.2 Å². The number of thiazole rings is 1. The molecule has 1 amide bonds. The number of benzene rings is 2. The summed E-state index contributed by atoms with van der Waals surface area (Å²) in [4.78, 5) is 17.5. The van der Waals surface area contributed by atoms with E-state index in [9.17, 15) is 4.79 Å². The summed E-state index contributed by atoms with van der Waals surface area (Å²) in [6.45, 7) is 2.68. The summed E-state index contributed by atoms with van der Waals surface area (Å²) in [5, 5.41) is 0. The Morgan fingerprint density at radius 1 is 1.00 bits per heavy atom. The van der Waals surface area contributed by atoms with E-state index >= 15 is 0 Å². The highest BCUT2D eigenvalue weighted by Gasteiger charge is 2.15. The molecule has 142 valence electrons. The first-order valence-electron chi connectivity index (χ1n) is 8.56. The molecule has 0 saturated heterocycles. The number of amides is 1. The topological polar surface area (TPSA) is 62.1 Å². The lowest BCUT2D eigenvalue weighted by Gasteiger charge is -2.08. The molecule has 2 aromatic carbocycles. The largest absolute Gasteiger partial charge is 0.497 e. The van der Waals surface area contributed by atoms with Gasteiger partial charge in [0.25, 0.3) is 5.91 Å². The van der Waals surface area contributed by atoms with Crippen LogP contribution in [0.25, 0.3) is 10.2 Å². The van der Waals surface area contributed by atoms with Crippen molar-refractivity contribution < 1.29 is 19.0 Å². The summed E-state index contributed by atoms with van der Waals surface area (Å²) < 4.78 is 19.0. The Morgan fingerprint density at radius 3 is 2.26 bits per heavy atom. The molecule has 1 heterocycles. The number of carbonyl (C=O) groups excluding carboxylic acids is 1. The average Bonchev–Trinajstić information content (AvgIpc) is 3.05. The quantitative estimate of drug-likeness (QED) is 0.651. The number of aromatic nitrogens is 1. The molecule has 27 heavy (non-hydrogen) atoms. The van der Waals surface area contributed by atoms with Crippen molar-refractivity contribution >= 4 is 27.5 Å². The minimum Gasteiger partial charge on any atom is -0.497 e. The summed E-state index contributed by atoms with van der Waals surface area (Å²) in [6, 6.07) is 11.1. The Labute approximate surface area is 161 Å². The number of hydrogen-bond acceptors (Lipinski definition) is 5. The van der Waals surface area contributed by atoms with E-state index in [0.29, 0.717) is 11.3 Å². The van der Waals surface area contributed by atoms with E-state index in [1.165, 1.54) is 11.3 Å². The van der Waals surface area contributed by atoms with E-state index in [-0.39, 0.29) is 12.3 Å². The van der Waals surface area contributed by atoms with Crippen molar-refractivity contribution in [2.24, 2.45) is 4.99 Å². The Kier molecular flexibility index (Phi) is 5.81. The van der Waals surface area contributed by atoms with Crippen LogP contribution in [0.15, 0.2) is 41.4 Å². The molecular formula is C20H22N2O4S. The van der Waals surface area contributed by atoms with Crippen molar-refractivity contribution in [2.45, 2.75) is 19.9 Å². The van der Waals surface area contributed by atoms with Crippen molar-refractivity contribution in [1.29, 1.82) is 0 Å². The van der Waals surface area contributed by atoms with E-state index in [0.717, 1.165) is 33.0 Å². The van der Waals surface area contributed by atoms with Gasteiger partial charge in [-0.25, -0.2) is 0 Å². The Morgan fingerprint density at radius 2 is 1.67 bits per heavy atom. The molecule has 1 aromatic heterocycles. The predicted molar refractivity (Wildman–Crippen MR) is 106 cm³/mol. The van der Waals surface area contributed by atoms with Crippen molar-refractivity contribution in [3.05, 3.63) is 46.8 Å². The minimum absolute atomic E-state index is 0.202. The molecule has 0 radical (unpaired) electrons. The third-order valence-corrected chi connectivity index (χ3v) is 5.34. The smallest absolute Gasteiger partial charge is 0.252 e. The standard InChI is InChI=1S/C20H22N2O4S/c1-5-22-18-15(25-3)10-11-16(26-4)19(18)27-20(22)21-17(23)12-13-6-8-14(24-2)9-7-13/h6-11H,5,12H2,1-4H3. The van der Waals surface area contributed by atoms with Gasteiger partial charge in [-0.05, 0) is 36.8 Å². The summed E-state index contributed by atoms with van der Waals surface area (Å²) in [7, 11) is 4.87. The number of hydrogen-bond donors (Lipinski definition) is 0. The van der Waals surface area contributed by atoms with Crippen molar-refractivity contribution in [2.75, 3.05) is 21.3 Å². The van der Waals surface area contributed by atoms with Crippen LogP contribution in [-0.4, -0.2) is 31.8 Å². The van der Waals surface area contributed by atoms with Gasteiger partial charge in [0.2, 0.25) is 0 Å². The predicted octanol–water partition coefficient (Wildman–Crippen LogP) is 3.42. The summed E-state index contributed by atoms with van der Waals surface area (Å²) in [5.74, 6) is 2.03. The number of ether oxygens (including phenoxy) is 3. The third-order valence-electron chi connectivity index (χ3n) is 4.24. The van der Waals surface area contributed by atoms with E-state index in [1.807, 2.05) is 47.9 Å². The molecule has 0 aliphatic rings. The third kappa shape index (κ3) is 3.83. The van der Waals surface area contributed by atoms with Gasteiger partial charge < -0.3 is 18.8 Å². The molecule has 7 heteroatoms. The molecule has 0 aliphatic carbocycles. The van der Waals surface area contributed by atoms with Crippen LogP contribution in [0.2, 0.25) is 0 Å². The molecule has 3 rings (SSSR count). The van der Waals surface area contributed by atoms with Crippen molar-refractivity contribution in [1.82, 2.24) is 4.57 Å². The fraction of sp³-hybridized carbons (Fsp3) is 0.300. The zero-order valence-corrected chi connectivity index (χ0v) is 16.6. The van der Waals surface area contributed by atoms with Crippen LogP contribution in [0, 0.1) is 0 Å². The zero-order chi connectivity index (χ0) is 19.4. The average molecular weight is 386 g/mol. The molecule has 0 saturated carbocycles. The van der Waals surface area contributed by atoms with E-state index < -0.39 is 0 Å². The lowest BCUT2D eigenvalue weighted by Crippen LogP contribution is -2.16. The molecule has 0 aliphatic heterocycles.